The molecule has 2 aromatic rings. The normalized spacial score (nSPS) is 15.1. The molecule has 0 aliphatic rings. The highest BCUT2D eigenvalue weighted by Crippen LogP contribution is 2.40. The molecule has 1 unspecified atom stereocenters. The van der Waals surface area contributed by atoms with Crippen LogP contribution >= 0.6 is 0 Å². The van der Waals surface area contributed by atoms with Gasteiger partial charge in [0.1, 0.15) is 5.75 Å². The molecule has 0 amide bonds. The van der Waals surface area contributed by atoms with Gasteiger partial charge in [0, 0.05) is 18.2 Å². The van der Waals surface area contributed by atoms with Gasteiger partial charge in [-0.3, -0.25) is 4.79 Å². The van der Waals surface area contributed by atoms with Gasteiger partial charge in [-0.15, -0.1) is 0 Å². The maximum Gasteiger partial charge on any atom is 0.310 e. The number of benzene rings is 2. The van der Waals surface area contributed by atoms with Crippen molar-refractivity contribution < 1.29 is 24.5 Å². The molecule has 3 atom stereocenters. The van der Waals surface area contributed by atoms with E-state index in [1.807, 2.05) is 36.4 Å². The largest absolute Gasteiger partial charge is 0.508 e. The number of carboxylic acid groups (broad SMARTS) is 1. The average Bonchev–Trinajstić information content (AvgIpc) is 2.75. The van der Waals surface area contributed by atoms with Gasteiger partial charge in [-0.1, -0.05) is 51.1 Å². The lowest BCUT2D eigenvalue weighted by atomic mass is 9.97. The summed E-state index contributed by atoms with van der Waals surface area (Å²) < 4.78 is 6.75. The molecule has 0 aliphatic heterocycles. The Kier molecular flexibility index (Phi) is 9.48. The van der Waals surface area contributed by atoms with Gasteiger partial charge >= 0.3 is 5.97 Å². The maximum atomic E-state index is 11.3. The number of aromatic hydroxyl groups is 1. The first kappa shape index (κ1) is 28.0. The smallest absolute Gasteiger partial charge is 0.310 e. The van der Waals surface area contributed by atoms with Gasteiger partial charge in [-0.25, -0.2) is 0 Å². The first-order valence-corrected chi connectivity index (χ1v) is 14.8. The van der Waals surface area contributed by atoms with E-state index in [0.717, 1.165) is 23.1 Å². The van der Waals surface area contributed by atoms with Crippen molar-refractivity contribution in [3.05, 3.63) is 64.7 Å². The Bertz CT molecular complexity index is 970. The summed E-state index contributed by atoms with van der Waals surface area (Å²) in [4.78, 5) is 11.3. The van der Waals surface area contributed by atoms with E-state index in [1.165, 1.54) is 0 Å². The molecule has 0 heterocycles. The average molecular weight is 488 g/mol. The summed E-state index contributed by atoms with van der Waals surface area (Å²) in [5, 5.41) is 32.6. The molecule has 6 nitrogen and oxygen atoms in total. The third kappa shape index (κ3) is 7.40. The Morgan fingerprint density at radius 1 is 1.09 bits per heavy atom. The van der Waals surface area contributed by atoms with Crippen LogP contribution in [0.15, 0.2) is 42.5 Å². The zero-order valence-electron chi connectivity index (χ0n) is 21.6. The van der Waals surface area contributed by atoms with Crippen molar-refractivity contribution in [1.82, 2.24) is 5.32 Å². The second kappa shape index (κ2) is 11.5. The van der Waals surface area contributed by atoms with Gasteiger partial charge < -0.3 is 25.1 Å². The summed E-state index contributed by atoms with van der Waals surface area (Å²) >= 11 is 0. The minimum atomic E-state index is -2.09. The fourth-order valence-electron chi connectivity index (χ4n) is 3.56. The van der Waals surface area contributed by atoms with Crippen LogP contribution in [-0.2, 0) is 22.2 Å². The molecule has 0 bridgehead atoms. The highest BCUT2D eigenvalue weighted by Gasteiger charge is 2.39. The second-order valence-corrected chi connectivity index (χ2v) is 15.5. The molecule has 0 saturated heterocycles. The zero-order valence-corrected chi connectivity index (χ0v) is 22.6. The van der Waals surface area contributed by atoms with E-state index in [4.69, 9.17) is 4.43 Å². The van der Waals surface area contributed by atoms with Crippen molar-refractivity contribution >= 4 is 14.3 Å². The monoisotopic (exact) mass is 487 g/mol. The summed E-state index contributed by atoms with van der Waals surface area (Å²) in [6.45, 7) is 15.2. The summed E-state index contributed by atoms with van der Waals surface area (Å²) in [6, 6.07) is 13.2. The lowest BCUT2D eigenvalue weighted by molar-refractivity contribution is -0.138. The molecule has 0 radical (unpaired) electrons. The van der Waals surface area contributed by atoms with Crippen LogP contribution in [0.5, 0.6) is 5.75 Å². The molecule has 2 aromatic carbocycles. The van der Waals surface area contributed by atoms with Gasteiger partial charge in [0.25, 0.3) is 0 Å². The van der Waals surface area contributed by atoms with Crippen LogP contribution in [-0.4, -0.2) is 42.2 Å². The summed E-state index contributed by atoms with van der Waals surface area (Å²) in [6.07, 6.45) is 0.525. The van der Waals surface area contributed by atoms with E-state index in [9.17, 15) is 20.1 Å². The SMILES string of the molecule is CC(C(=O)O)c1cccc(C[C@@H](C)NC[C@@H](O[Si](C)(C)C(C)(C)C)c2ccc(O)c(CO)c2)c1. The summed E-state index contributed by atoms with van der Waals surface area (Å²) in [5.74, 6) is -1.29. The van der Waals surface area contributed by atoms with E-state index in [2.05, 4.69) is 46.1 Å². The molecule has 0 aliphatic carbocycles. The Morgan fingerprint density at radius 2 is 1.76 bits per heavy atom. The molecule has 2 rings (SSSR count). The quantitative estimate of drug-likeness (QED) is 0.319. The van der Waals surface area contributed by atoms with Gasteiger partial charge in [0.05, 0.1) is 18.6 Å². The molecule has 34 heavy (non-hydrogen) atoms. The standard InChI is InChI=1S/C27H41NO5Si/c1-18(13-20-9-8-10-21(14-20)19(2)26(31)32)28-16-25(33-34(6,7)27(3,4)5)22-11-12-24(30)23(15-22)17-29/h8-12,14-15,18-19,25,28-30H,13,16-17H2,1-7H3,(H,31,32)/t18-,19?,25-/m1/s1. The first-order valence-electron chi connectivity index (χ1n) is 11.9. The minimum Gasteiger partial charge on any atom is -0.508 e. The fourth-order valence-corrected chi connectivity index (χ4v) is 4.84. The third-order valence-electron chi connectivity index (χ3n) is 6.90. The number of aliphatic hydroxyl groups is 1. The number of aliphatic hydroxyl groups excluding tert-OH is 1. The van der Waals surface area contributed by atoms with Crippen molar-refractivity contribution in [3.8, 4) is 5.75 Å². The predicted octanol–water partition coefficient (Wildman–Crippen LogP) is 5.36. The van der Waals surface area contributed by atoms with Crippen molar-refractivity contribution in [2.45, 2.75) is 83.8 Å². The summed E-state index contributed by atoms with van der Waals surface area (Å²) in [5.41, 5.74) is 3.29. The number of rotatable bonds is 11. The predicted molar refractivity (Wildman–Crippen MR) is 139 cm³/mol. The van der Waals surface area contributed by atoms with Gasteiger partial charge in [0.2, 0.25) is 0 Å². The van der Waals surface area contributed by atoms with Crippen LogP contribution in [0.2, 0.25) is 18.1 Å². The van der Waals surface area contributed by atoms with Crippen LogP contribution < -0.4 is 5.32 Å². The highest BCUT2D eigenvalue weighted by molar-refractivity contribution is 6.74. The van der Waals surface area contributed by atoms with Gasteiger partial charge in [-0.05, 0) is 67.2 Å². The van der Waals surface area contributed by atoms with E-state index in [1.54, 1.807) is 13.0 Å². The molecule has 188 valence electrons. The van der Waals surface area contributed by atoms with E-state index < -0.39 is 20.2 Å². The number of carbonyl (C=O) groups is 1. The number of phenols is 1. The van der Waals surface area contributed by atoms with Crippen LogP contribution in [0, 0.1) is 0 Å². The van der Waals surface area contributed by atoms with Gasteiger partial charge in [0.15, 0.2) is 8.32 Å². The highest BCUT2D eigenvalue weighted by atomic mass is 28.4. The van der Waals surface area contributed by atoms with Crippen molar-refractivity contribution in [1.29, 1.82) is 0 Å². The molecule has 0 aromatic heterocycles. The molecule has 4 N–H and O–H groups in total. The zero-order chi connectivity index (χ0) is 25.7. The lowest BCUT2D eigenvalue weighted by Crippen LogP contribution is -2.44. The number of hydrogen-bond acceptors (Lipinski definition) is 5. The Hall–Kier alpha value is -2.19. The molecule has 7 heteroatoms. The van der Waals surface area contributed by atoms with Crippen molar-refractivity contribution in [2.75, 3.05) is 6.54 Å². The lowest BCUT2D eigenvalue weighted by Gasteiger charge is -2.40. The Balaban J connectivity index is 2.18. The summed E-state index contributed by atoms with van der Waals surface area (Å²) in [7, 11) is -2.09. The van der Waals surface area contributed by atoms with Crippen LogP contribution in [0.4, 0.5) is 0 Å². The molecular weight excluding hydrogens is 446 g/mol. The van der Waals surface area contributed by atoms with E-state index >= 15 is 0 Å². The van der Waals surface area contributed by atoms with Crippen LogP contribution in [0.1, 0.15) is 68.9 Å². The maximum absolute atomic E-state index is 11.3. The number of hydrogen-bond donors (Lipinski definition) is 4. The Morgan fingerprint density at radius 3 is 2.35 bits per heavy atom. The first-order chi connectivity index (χ1) is 15.7. The van der Waals surface area contributed by atoms with E-state index in [-0.39, 0.29) is 29.5 Å². The van der Waals surface area contributed by atoms with Gasteiger partial charge in [-0.2, -0.15) is 0 Å². The second-order valence-electron chi connectivity index (χ2n) is 10.7. The van der Waals surface area contributed by atoms with Crippen LogP contribution in [0.25, 0.3) is 0 Å². The number of nitrogens with one attached hydrogen (secondary N) is 1. The topological polar surface area (TPSA) is 99.0 Å². The Labute approximate surface area is 205 Å². The van der Waals surface area contributed by atoms with Crippen molar-refractivity contribution in [2.24, 2.45) is 0 Å². The molecule has 0 fully saturated rings. The van der Waals surface area contributed by atoms with Crippen molar-refractivity contribution in [3.63, 3.8) is 0 Å². The van der Waals surface area contributed by atoms with Crippen LogP contribution in [0.3, 0.4) is 0 Å². The fraction of sp³-hybridized carbons (Fsp3) is 0.519. The molecule has 0 saturated carbocycles. The number of carboxylic acids is 1. The van der Waals surface area contributed by atoms with E-state index in [0.29, 0.717) is 12.1 Å². The minimum absolute atomic E-state index is 0.0366. The molecular formula is C27H41NO5Si. The molecule has 0 spiro atoms. The number of aliphatic carboxylic acids is 1. The third-order valence-corrected chi connectivity index (χ3v) is 11.4.